The Morgan fingerprint density at radius 1 is 0.941 bits per heavy atom. The fourth-order valence-electron chi connectivity index (χ4n) is 0.607. The number of hydrogen-bond donors (Lipinski definition) is 0. The molecule has 0 bridgehead atoms. The molecule has 0 aromatic carbocycles. The van der Waals surface area contributed by atoms with Gasteiger partial charge in [0.1, 0.15) is 0 Å². The van der Waals surface area contributed by atoms with Gasteiger partial charge >= 0.3 is 12.4 Å². The number of rotatable bonds is 6. The molecule has 0 fully saturated rings. The van der Waals surface area contributed by atoms with Crippen molar-refractivity contribution >= 4 is 8.53 Å². The molecule has 0 spiro atoms. The highest BCUT2D eigenvalue weighted by molar-refractivity contribution is 7.44. The van der Waals surface area contributed by atoms with E-state index in [-0.39, 0.29) is 6.54 Å². The van der Waals surface area contributed by atoms with Crippen LogP contribution < -0.4 is 0 Å². The zero-order valence-corrected chi connectivity index (χ0v) is 9.99. The lowest BCUT2D eigenvalue weighted by molar-refractivity contribution is -0.164. The number of halogens is 6. The smallest absolute Gasteiger partial charge is 0.312 e. The lowest BCUT2D eigenvalue weighted by Gasteiger charge is -2.25. The van der Waals surface area contributed by atoms with E-state index in [4.69, 9.17) is 0 Å². The highest BCUT2D eigenvalue weighted by atomic mass is 31.2. The summed E-state index contributed by atoms with van der Waals surface area (Å²) in [5.41, 5.74) is 0. The van der Waals surface area contributed by atoms with Crippen LogP contribution >= 0.6 is 8.53 Å². The van der Waals surface area contributed by atoms with Gasteiger partial charge < -0.3 is 9.05 Å². The predicted octanol–water partition coefficient (Wildman–Crippen LogP) is 3.32. The van der Waals surface area contributed by atoms with Gasteiger partial charge in [0.05, 0.1) is 0 Å². The topological polar surface area (TPSA) is 21.7 Å². The van der Waals surface area contributed by atoms with Gasteiger partial charge in [-0.1, -0.05) is 6.92 Å². The van der Waals surface area contributed by atoms with Crippen LogP contribution in [0.25, 0.3) is 0 Å². The van der Waals surface area contributed by atoms with E-state index in [0.717, 1.165) is 4.67 Å². The summed E-state index contributed by atoms with van der Waals surface area (Å²) in [6.45, 7) is -1.51. The van der Waals surface area contributed by atoms with Crippen LogP contribution in [0.1, 0.15) is 6.92 Å². The van der Waals surface area contributed by atoms with Crippen LogP contribution in [0.15, 0.2) is 0 Å². The molecule has 0 radical (unpaired) electrons. The van der Waals surface area contributed by atoms with Gasteiger partial charge in [-0.05, 0) is 7.05 Å². The number of nitrogens with zero attached hydrogens (tertiary/aromatic N) is 1. The third-order valence-corrected chi connectivity index (χ3v) is 2.95. The lowest BCUT2D eigenvalue weighted by atomic mass is 10.7. The monoisotopic (exact) mass is 287 g/mol. The molecule has 10 heteroatoms. The molecule has 17 heavy (non-hydrogen) atoms. The van der Waals surface area contributed by atoms with E-state index in [2.05, 4.69) is 9.05 Å². The van der Waals surface area contributed by atoms with Crippen molar-refractivity contribution < 1.29 is 35.4 Å². The Morgan fingerprint density at radius 2 is 1.29 bits per heavy atom. The highest BCUT2D eigenvalue weighted by Gasteiger charge is 2.34. The van der Waals surface area contributed by atoms with Crippen molar-refractivity contribution in [2.45, 2.75) is 19.3 Å². The first-order chi connectivity index (χ1) is 7.55. The van der Waals surface area contributed by atoms with Crippen LogP contribution in [0, 0.1) is 0 Å². The zero-order chi connectivity index (χ0) is 13.7. The third-order valence-electron chi connectivity index (χ3n) is 1.41. The molecule has 0 aliphatic rings. The molecule has 0 unspecified atom stereocenters. The van der Waals surface area contributed by atoms with Crippen LogP contribution in [-0.4, -0.2) is 43.8 Å². The minimum absolute atomic E-state index is 0.210. The molecule has 0 aliphatic heterocycles. The van der Waals surface area contributed by atoms with Gasteiger partial charge in [-0.25, -0.2) is 4.67 Å². The number of alkyl halides is 6. The summed E-state index contributed by atoms with van der Waals surface area (Å²) in [5.74, 6) is 0. The molecule has 3 nitrogen and oxygen atoms in total. The van der Waals surface area contributed by atoms with E-state index >= 15 is 0 Å². The van der Waals surface area contributed by atoms with Crippen molar-refractivity contribution in [1.29, 1.82) is 0 Å². The summed E-state index contributed by atoms with van der Waals surface area (Å²) >= 11 is 0. The molecule has 0 saturated heterocycles. The van der Waals surface area contributed by atoms with Gasteiger partial charge in [-0.15, -0.1) is 0 Å². The molecule has 0 aromatic rings. The maximum atomic E-state index is 11.8. The summed E-state index contributed by atoms with van der Waals surface area (Å²) in [7, 11) is -1.04. The fourth-order valence-corrected chi connectivity index (χ4v) is 1.82. The van der Waals surface area contributed by atoms with Gasteiger partial charge in [-0.2, -0.15) is 26.3 Å². The Kier molecular flexibility index (Phi) is 6.68. The van der Waals surface area contributed by atoms with Crippen molar-refractivity contribution in [2.75, 3.05) is 26.8 Å². The minimum Gasteiger partial charge on any atom is -0.312 e. The van der Waals surface area contributed by atoms with Gasteiger partial charge in [0.25, 0.3) is 8.53 Å². The van der Waals surface area contributed by atoms with Crippen molar-refractivity contribution in [3.63, 3.8) is 0 Å². The predicted molar refractivity (Wildman–Crippen MR) is 49.2 cm³/mol. The standard InChI is InChI=1S/C7H12F6NO2P/c1-3-14(2)17(15-4-6(8,9)10)16-5-7(11,12)13/h3-5H2,1-2H3. The summed E-state index contributed by atoms with van der Waals surface area (Å²) in [6, 6.07) is 0. The van der Waals surface area contributed by atoms with Gasteiger partial charge in [-0.3, -0.25) is 0 Å². The Labute approximate surface area is 95.6 Å². The van der Waals surface area contributed by atoms with E-state index < -0.39 is 34.1 Å². The molecule has 0 rings (SSSR count). The Morgan fingerprint density at radius 3 is 1.53 bits per heavy atom. The summed E-state index contributed by atoms with van der Waals surface area (Å²) < 4.78 is 80.8. The zero-order valence-electron chi connectivity index (χ0n) is 9.10. The molecule has 0 aromatic heterocycles. The largest absolute Gasteiger partial charge is 0.412 e. The summed E-state index contributed by atoms with van der Waals surface area (Å²) in [4.78, 5) is 0. The van der Waals surface area contributed by atoms with Gasteiger partial charge in [0.2, 0.25) is 0 Å². The molecule has 104 valence electrons. The molecular weight excluding hydrogens is 275 g/mol. The number of hydrogen-bond acceptors (Lipinski definition) is 3. The summed E-state index contributed by atoms with van der Waals surface area (Å²) in [5, 5.41) is 0. The normalized spacial score (nSPS) is 13.8. The molecular formula is C7H12F6NO2P. The van der Waals surface area contributed by atoms with E-state index in [9.17, 15) is 26.3 Å². The van der Waals surface area contributed by atoms with E-state index in [1.54, 1.807) is 6.92 Å². The average molecular weight is 287 g/mol. The van der Waals surface area contributed by atoms with Crippen LogP contribution in [0.3, 0.4) is 0 Å². The summed E-state index contributed by atoms with van der Waals surface area (Å²) in [6.07, 6.45) is -9.20. The van der Waals surface area contributed by atoms with Crippen LogP contribution in [0.4, 0.5) is 26.3 Å². The van der Waals surface area contributed by atoms with Gasteiger partial charge in [0, 0.05) is 6.54 Å². The van der Waals surface area contributed by atoms with Crippen LogP contribution in [-0.2, 0) is 9.05 Å². The van der Waals surface area contributed by atoms with Crippen LogP contribution in [0.5, 0.6) is 0 Å². The maximum absolute atomic E-state index is 11.8. The van der Waals surface area contributed by atoms with Crippen molar-refractivity contribution in [3.8, 4) is 0 Å². The SMILES string of the molecule is CCN(C)P(OCC(F)(F)F)OCC(F)(F)F. The van der Waals surface area contributed by atoms with E-state index in [0.29, 0.717) is 0 Å². The molecule has 0 N–H and O–H groups in total. The van der Waals surface area contributed by atoms with Crippen molar-refractivity contribution in [3.05, 3.63) is 0 Å². The van der Waals surface area contributed by atoms with E-state index in [1.807, 2.05) is 0 Å². The first-order valence-corrected chi connectivity index (χ1v) is 5.58. The molecule has 0 atom stereocenters. The third kappa shape index (κ3) is 9.58. The highest BCUT2D eigenvalue weighted by Crippen LogP contribution is 2.43. The van der Waals surface area contributed by atoms with E-state index in [1.165, 1.54) is 7.05 Å². The first-order valence-electron chi connectivity index (χ1n) is 4.45. The molecule has 0 aliphatic carbocycles. The van der Waals surface area contributed by atoms with Gasteiger partial charge in [0.15, 0.2) is 13.2 Å². The minimum atomic E-state index is -4.60. The fraction of sp³-hybridized carbons (Fsp3) is 1.00. The lowest BCUT2D eigenvalue weighted by Crippen LogP contribution is -2.23. The second kappa shape index (κ2) is 6.72. The van der Waals surface area contributed by atoms with Crippen molar-refractivity contribution in [1.82, 2.24) is 4.67 Å². The Bertz CT molecular complexity index is 203. The Balaban J connectivity index is 4.25. The maximum Gasteiger partial charge on any atom is 0.412 e. The van der Waals surface area contributed by atoms with Crippen molar-refractivity contribution in [2.24, 2.45) is 0 Å². The van der Waals surface area contributed by atoms with Crippen LogP contribution in [0.2, 0.25) is 0 Å². The Hall–Kier alpha value is -0.110. The quantitative estimate of drug-likeness (QED) is 0.552. The second-order valence-corrected chi connectivity index (χ2v) is 4.66. The first kappa shape index (κ1) is 16.9. The second-order valence-electron chi connectivity index (χ2n) is 2.99. The molecule has 0 amide bonds. The molecule has 0 saturated carbocycles. The molecule has 0 heterocycles. The average Bonchev–Trinajstić information content (AvgIpc) is 2.13.